The van der Waals surface area contributed by atoms with Crippen LogP contribution in [-0.2, 0) is 5.54 Å². The first-order valence-corrected chi connectivity index (χ1v) is 5.73. The molecule has 0 amide bonds. The van der Waals surface area contributed by atoms with E-state index in [4.69, 9.17) is 5.73 Å². The molecule has 1 nitrogen and oxygen atoms in total. The fraction of sp³-hybridized carbons (Fsp3) is 0.200. The lowest BCUT2D eigenvalue weighted by atomic mass is 9.92. The van der Waals surface area contributed by atoms with Crippen LogP contribution in [-0.4, -0.2) is 0 Å². The highest BCUT2D eigenvalue weighted by Gasteiger charge is 2.17. The average molecular weight is 247 g/mol. The van der Waals surface area contributed by atoms with Crippen molar-refractivity contribution in [1.29, 1.82) is 0 Å². The molecule has 2 rings (SSSR count). The monoisotopic (exact) mass is 247 g/mol. The highest BCUT2D eigenvalue weighted by molar-refractivity contribution is 5.66. The first-order valence-electron chi connectivity index (χ1n) is 5.73. The van der Waals surface area contributed by atoms with Gasteiger partial charge in [0, 0.05) is 16.7 Å². The molecule has 0 heterocycles. The van der Waals surface area contributed by atoms with Crippen molar-refractivity contribution in [3.05, 3.63) is 59.7 Å². The molecule has 2 aromatic carbocycles. The van der Waals surface area contributed by atoms with Gasteiger partial charge < -0.3 is 5.73 Å². The molecule has 0 aromatic heterocycles. The van der Waals surface area contributed by atoms with Crippen molar-refractivity contribution < 1.29 is 8.78 Å². The molecule has 0 aliphatic carbocycles. The van der Waals surface area contributed by atoms with Gasteiger partial charge >= 0.3 is 0 Å². The van der Waals surface area contributed by atoms with E-state index in [1.54, 1.807) is 30.3 Å². The Morgan fingerprint density at radius 2 is 1.50 bits per heavy atom. The van der Waals surface area contributed by atoms with Crippen molar-refractivity contribution >= 4 is 0 Å². The maximum Gasteiger partial charge on any atom is 0.131 e. The molecule has 0 aliphatic rings. The second-order valence-electron chi connectivity index (χ2n) is 4.90. The SMILES string of the molecule is CC(C)(N)c1ccc(F)c(-c2ccccc2F)c1. The summed E-state index contributed by atoms with van der Waals surface area (Å²) < 4.78 is 27.5. The molecule has 0 bridgehead atoms. The van der Waals surface area contributed by atoms with Gasteiger partial charge in [-0.05, 0) is 37.6 Å². The van der Waals surface area contributed by atoms with E-state index < -0.39 is 17.2 Å². The Morgan fingerprint density at radius 3 is 2.11 bits per heavy atom. The molecule has 0 atom stereocenters. The van der Waals surface area contributed by atoms with Crippen LogP contribution in [0.4, 0.5) is 8.78 Å². The molecule has 2 aromatic rings. The van der Waals surface area contributed by atoms with Crippen molar-refractivity contribution in [2.24, 2.45) is 5.73 Å². The van der Waals surface area contributed by atoms with Crippen LogP contribution < -0.4 is 5.73 Å². The lowest BCUT2D eigenvalue weighted by molar-refractivity contribution is 0.551. The summed E-state index contributed by atoms with van der Waals surface area (Å²) in [5.41, 5.74) is 6.64. The lowest BCUT2D eigenvalue weighted by Crippen LogP contribution is -2.28. The minimum absolute atomic E-state index is 0.240. The molecule has 0 aliphatic heterocycles. The lowest BCUT2D eigenvalue weighted by Gasteiger charge is -2.20. The Kier molecular flexibility index (Phi) is 3.18. The van der Waals surface area contributed by atoms with Gasteiger partial charge in [-0.15, -0.1) is 0 Å². The zero-order valence-corrected chi connectivity index (χ0v) is 10.4. The highest BCUT2D eigenvalue weighted by Crippen LogP contribution is 2.29. The minimum Gasteiger partial charge on any atom is -0.322 e. The van der Waals surface area contributed by atoms with Crippen molar-refractivity contribution in [3.63, 3.8) is 0 Å². The van der Waals surface area contributed by atoms with Crippen LogP contribution in [0.2, 0.25) is 0 Å². The highest BCUT2D eigenvalue weighted by atomic mass is 19.1. The number of hydrogen-bond donors (Lipinski definition) is 1. The first kappa shape index (κ1) is 12.7. The second kappa shape index (κ2) is 4.50. The predicted octanol–water partition coefficient (Wildman–Crippen LogP) is 3.83. The van der Waals surface area contributed by atoms with E-state index in [9.17, 15) is 8.78 Å². The summed E-state index contributed by atoms with van der Waals surface area (Å²) >= 11 is 0. The summed E-state index contributed by atoms with van der Waals surface area (Å²) in [6.45, 7) is 3.65. The van der Waals surface area contributed by atoms with Gasteiger partial charge in [0.25, 0.3) is 0 Å². The molecule has 18 heavy (non-hydrogen) atoms. The summed E-state index contributed by atoms with van der Waals surface area (Å²) in [4.78, 5) is 0. The molecule has 0 fully saturated rings. The van der Waals surface area contributed by atoms with Crippen molar-refractivity contribution in [2.75, 3.05) is 0 Å². The van der Waals surface area contributed by atoms with Crippen molar-refractivity contribution in [3.8, 4) is 11.1 Å². The molecule has 0 unspecified atom stereocenters. The molecular weight excluding hydrogens is 232 g/mol. The van der Waals surface area contributed by atoms with Crippen LogP contribution in [0.3, 0.4) is 0 Å². The van der Waals surface area contributed by atoms with E-state index in [-0.39, 0.29) is 11.1 Å². The van der Waals surface area contributed by atoms with Gasteiger partial charge in [-0.25, -0.2) is 8.78 Å². The summed E-state index contributed by atoms with van der Waals surface area (Å²) in [5.74, 6) is -0.892. The largest absolute Gasteiger partial charge is 0.322 e. The van der Waals surface area contributed by atoms with E-state index in [0.717, 1.165) is 5.56 Å². The van der Waals surface area contributed by atoms with Gasteiger partial charge in [-0.2, -0.15) is 0 Å². The van der Waals surface area contributed by atoms with Crippen molar-refractivity contribution in [2.45, 2.75) is 19.4 Å². The van der Waals surface area contributed by atoms with Gasteiger partial charge in [-0.1, -0.05) is 24.3 Å². The van der Waals surface area contributed by atoms with E-state index in [2.05, 4.69) is 0 Å². The van der Waals surface area contributed by atoms with Crippen LogP contribution in [0.15, 0.2) is 42.5 Å². The third-order valence-electron chi connectivity index (χ3n) is 2.87. The Morgan fingerprint density at radius 1 is 0.889 bits per heavy atom. The van der Waals surface area contributed by atoms with E-state index in [1.807, 2.05) is 13.8 Å². The predicted molar refractivity (Wildman–Crippen MR) is 69.0 cm³/mol. The average Bonchev–Trinajstić information content (AvgIpc) is 2.29. The topological polar surface area (TPSA) is 26.0 Å². The summed E-state index contributed by atoms with van der Waals surface area (Å²) in [6, 6.07) is 10.7. The second-order valence-corrected chi connectivity index (χ2v) is 4.90. The van der Waals surface area contributed by atoms with Gasteiger partial charge in [0.15, 0.2) is 0 Å². The number of nitrogens with two attached hydrogens (primary N) is 1. The van der Waals surface area contributed by atoms with E-state index in [0.29, 0.717) is 0 Å². The van der Waals surface area contributed by atoms with Gasteiger partial charge in [0.05, 0.1) is 0 Å². The standard InChI is InChI=1S/C15H15F2N/c1-15(2,18)10-7-8-14(17)12(9-10)11-5-3-4-6-13(11)16/h3-9H,18H2,1-2H3. The fourth-order valence-electron chi connectivity index (χ4n) is 1.81. The molecule has 0 spiro atoms. The van der Waals surface area contributed by atoms with Gasteiger partial charge in [-0.3, -0.25) is 0 Å². The van der Waals surface area contributed by atoms with E-state index in [1.165, 1.54) is 12.1 Å². The van der Waals surface area contributed by atoms with E-state index >= 15 is 0 Å². The Labute approximate surface area is 105 Å². The number of halogens is 2. The normalized spacial score (nSPS) is 11.6. The zero-order valence-electron chi connectivity index (χ0n) is 10.4. The zero-order chi connectivity index (χ0) is 13.3. The number of hydrogen-bond acceptors (Lipinski definition) is 1. The smallest absolute Gasteiger partial charge is 0.131 e. The Bertz CT molecular complexity index is 571. The molecule has 0 saturated carbocycles. The summed E-state index contributed by atoms with van der Waals surface area (Å²) in [5, 5.41) is 0. The van der Waals surface area contributed by atoms with Crippen LogP contribution >= 0.6 is 0 Å². The third kappa shape index (κ3) is 2.41. The molecular formula is C15H15F2N. The summed E-state index contributed by atoms with van der Waals surface area (Å²) in [6.07, 6.45) is 0. The van der Waals surface area contributed by atoms with Crippen LogP contribution in [0.5, 0.6) is 0 Å². The number of benzene rings is 2. The van der Waals surface area contributed by atoms with Crippen LogP contribution in [0.1, 0.15) is 19.4 Å². The molecule has 0 saturated heterocycles. The third-order valence-corrected chi connectivity index (χ3v) is 2.87. The fourth-order valence-corrected chi connectivity index (χ4v) is 1.81. The van der Waals surface area contributed by atoms with Gasteiger partial charge in [0.1, 0.15) is 11.6 Å². The van der Waals surface area contributed by atoms with Crippen LogP contribution in [0.25, 0.3) is 11.1 Å². The maximum atomic E-state index is 13.8. The van der Waals surface area contributed by atoms with Gasteiger partial charge in [0.2, 0.25) is 0 Å². The Hall–Kier alpha value is -1.74. The Balaban J connectivity index is 2.61. The molecule has 0 radical (unpaired) electrons. The quantitative estimate of drug-likeness (QED) is 0.857. The van der Waals surface area contributed by atoms with Crippen LogP contribution in [0, 0.1) is 11.6 Å². The number of rotatable bonds is 2. The molecule has 94 valence electrons. The summed E-state index contributed by atoms with van der Waals surface area (Å²) in [7, 11) is 0. The first-order chi connectivity index (χ1) is 8.39. The maximum absolute atomic E-state index is 13.8. The van der Waals surface area contributed by atoms with Crippen molar-refractivity contribution in [1.82, 2.24) is 0 Å². The molecule has 2 N–H and O–H groups in total. The molecule has 3 heteroatoms. The minimum atomic E-state index is -0.590.